The van der Waals surface area contributed by atoms with Gasteiger partial charge in [0, 0.05) is 0 Å². The molecule has 0 heterocycles. The van der Waals surface area contributed by atoms with Crippen molar-refractivity contribution in [1.82, 2.24) is 5.43 Å². The maximum atomic E-state index is 11.7. The molecule has 4 nitrogen and oxygen atoms in total. The van der Waals surface area contributed by atoms with Gasteiger partial charge in [0.2, 0.25) is 0 Å². The molecule has 0 aromatic heterocycles. The molecule has 0 spiro atoms. The Bertz CT molecular complexity index is 706. The van der Waals surface area contributed by atoms with E-state index in [1.54, 1.807) is 6.21 Å². The first kappa shape index (κ1) is 16.5. The molecule has 2 aromatic carbocycles. The normalized spacial score (nSPS) is 11.5. The summed E-state index contributed by atoms with van der Waals surface area (Å²) in [7, 11) is 0. The lowest BCUT2D eigenvalue weighted by Gasteiger charge is -2.07. The fourth-order valence-corrected chi connectivity index (χ4v) is 1.95. The van der Waals surface area contributed by atoms with Gasteiger partial charge < -0.3 is 4.74 Å². The number of nitrogens with zero attached hydrogens (tertiary/aromatic N) is 1. The van der Waals surface area contributed by atoms with E-state index in [-0.39, 0.29) is 12.5 Å². The van der Waals surface area contributed by atoms with Gasteiger partial charge in [-0.2, -0.15) is 5.10 Å². The second-order valence-electron chi connectivity index (χ2n) is 5.15. The van der Waals surface area contributed by atoms with Crippen molar-refractivity contribution in [3.8, 4) is 5.75 Å². The van der Waals surface area contributed by atoms with Crippen LogP contribution in [0.3, 0.4) is 0 Å². The smallest absolute Gasteiger partial charge is 0.277 e. The van der Waals surface area contributed by atoms with Crippen LogP contribution in [0.4, 0.5) is 0 Å². The van der Waals surface area contributed by atoms with Crippen LogP contribution in [0.15, 0.2) is 65.3 Å². The third kappa shape index (κ3) is 5.79. The molecule has 0 saturated heterocycles. The minimum atomic E-state index is -0.294. The molecule has 0 fully saturated rings. The summed E-state index contributed by atoms with van der Waals surface area (Å²) in [5.41, 5.74) is 5.47. The Kier molecular flexibility index (Phi) is 6.12. The SMILES string of the molecule is CC(/C=N\NC(=O)COc1ccccc1C)=C\c1ccccc1. The predicted molar refractivity (Wildman–Crippen MR) is 93.4 cm³/mol. The highest BCUT2D eigenvalue weighted by atomic mass is 16.5. The molecular weight excluding hydrogens is 288 g/mol. The summed E-state index contributed by atoms with van der Waals surface area (Å²) >= 11 is 0. The molecule has 0 bridgehead atoms. The van der Waals surface area contributed by atoms with Crippen molar-refractivity contribution >= 4 is 18.2 Å². The van der Waals surface area contributed by atoms with Gasteiger partial charge in [0.15, 0.2) is 6.61 Å². The standard InChI is InChI=1S/C19H20N2O2/c1-15(12-17-9-4-3-5-10-17)13-20-21-19(22)14-23-18-11-7-6-8-16(18)2/h3-13H,14H2,1-2H3,(H,21,22)/b15-12+,20-13-. The molecule has 2 rings (SSSR count). The van der Waals surface area contributed by atoms with Crippen molar-refractivity contribution in [2.75, 3.05) is 6.61 Å². The lowest BCUT2D eigenvalue weighted by Crippen LogP contribution is -2.24. The number of benzene rings is 2. The van der Waals surface area contributed by atoms with Crippen LogP contribution in [-0.2, 0) is 4.79 Å². The third-order valence-corrected chi connectivity index (χ3v) is 3.10. The Morgan fingerprint density at radius 1 is 1.13 bits per heavy atom. The third-order valence-electron chi connectivity index (χ3n) is 3.10. The van der Waals surface area contributed by atoms with E-state index in [4.69, 9.17) is 4.74 Å². The molecule has 1 amide bonds. The maximum absolute atomic E-state index is 11.7. The molecule has 0 radical (unpaired) electrons. The minimum Gasteiger partial charge on any atom is -0.483 e. The first-order valence-electron chi connectivity index (χ1n) is 7.39. The van der Waals surface area contributed by atoms with Crippen molar-refractivity contribution in [2.45, 2.75) is 13.8 Å². The molecular formula is C19H20N2O2. The van der Waals surface area contributed by atoms with E-state index in [1.165, 1.54) is 0 Å². The van der Waals surface area contributed by atoms with Crippen molar-refractivity contribution < 1.29 is 9.53 Å². The first-order valence-corrected chi connectivity index (χ1v) is 7.39. The van der Waals surface area contributed by atoms with Crippen LogP contribution < -0.4 is 10.2 Å². The van der Waals surface area contributed by atoms with Crippen molar-refractivity contribution in [3.63, 3.8) is 0 Å². The summed E-state index contributed by atoms with van der Waals surface area (Å²) in [4.78, 5) is 11.7. The Labute approximate surface area is 136 Å². The summed E-state index contributed by atoms with van der Waals surface area (Å²) < 4.78 is 5.45. The number of rotatable bonds is 6. The van der Waals surface area contributed by atoms with Crippen molar-refractivity contribution in [3.05, 3.63) is 71.3 Å². The summed E-state index contributed by atoms with van der Waals surface area (Å²) in [6.45, 7) is 3.79. The van der Waals surface area contributed by atoms with Gasteiger partial charge in [-0.15, -0.1) is 0 Å². The number of allylic oxidation sites excluding steroid dienone is 1. The van der Waals surface area contributed by atoms with Gasteiger partial charge in [-0.25, -0.2) is 5.43 Å². The summed E-state index contributed by atoms with van der Waals surface area (Å²) in [6.07, 6.45) is 3.60. The molecule has 118 valence electrons. The van der Waals surface area contributed by atoms with Crippen LogP contribution in [0.25, 0.3) is 6.08 Å². The predicted octanol–water partition coefficient (Wildman–Crippen LogP) is 3.58. The largest absolute Gasteiger partial charge is 0.483 e. The van der Waals surface area contributed by atoms with Crippen LogP contribution in [0.2, 0.25) is 0 Å². The molecule has 0 aliphatic heterocycles. The van der Waals surface area contributed by atoms with Crippen LogP contribution in [-0.4, -0.2) is 18.7 Å². The van der Waals surface area contributed by atoms with E-state index in [1.807, 2.05) is 74.5 Å². The monoisotopic (exact) mass is 308 g/mol. The van der Waals surface area contributed by atoms with Gasteiger partial charge >= 0.3 is 0 Å². The molecule has 2 aromatic rings. The van der Waals surface area contributed by atoms with E-state index in [0.29, 0.717) is 5.75 Å². The molecule has 4 heteroatoms. The summed E-state index contributed by atoms with van der Waals surface area (Å²) in [6, 6.07) is 17.5. The van der Waals surface area contributed by atoms with E-state index in [2.05, 4.69) is 10.5 Å². The first-order chi connectivity index (χ1) is 11.1. The number of hydrogen-bond acceptors (Lipinski definition) is 3. The van der Waals surface area contributed by atoms with E-state index in [0.717, 1.165) is 16.7 Å². The molecule has 23 heavy (non-hydrogen) atoms. The second-order valence-corrected chi connectivity index (χ2v) is 5.15. The quantitative estimate of drug-likeness (QED) is 0.655. The molecule has 1 N–H and O–H groups in total. The summed E-state index contributed by atoms with van der Waals surface area (Å²) in [5.74, 6) is 0.406. The number of para-hydroxylation sites is 1. The number of carbonyl (C=O) groups excluding carboxylic acids is 1. The fraction of sp³-hybridized carbons (Fsp3) is 0.158. The van der Waals surface area contributed by atoms with E-state index >= 15 is 0 Å². The van der Waals surface area contributed by atoms with Crippen molar-refractivity contribution in [1.29, 1.82) is 0 Å². The highest BCUT2D eigenvalue weighted by molar-refractivity contribution is 5.86. The zero-order chi connectivity index (χ0) is 16.5. The number of amides is 1. The molecule has 0 unspecified atom stereocenters. The highest BCUT2D eigenvalue weighted by Gasteiger charge is 2.02. The molecule has 0 atom stereocenters. The number of ether oxygens (including phenoxy) is 1. The molecule has 0 aliphatic carbocycles. The zero-order valence-electron chi connectivity index (χ0n) is 13.3. The lowest BCUT2D eigenvalue weighted by atomic mass is 10.1. The zero-order valence-corrected chi connectivity index (χ0v) is 13.3. The highest BCUT2D eigenvalue weighted by Crippen LogP contribution is 2.15. The Morgan fingerprint density at radius 2 is 1.83 bits per heavy atom. The topological polar surface area (TPSA) is 50.7 Å². The van der Waals surface area contributed by atoms with Gasteiger partial charge in [-0.1, -0.05) is 54.6 Å². The van der Waals surface area contributed by atoms with Gasteiger partial charge in [-0.3, -0.25) is 4.79 Å². The Morgan fingerprint density at radius 3 is 2.57 bits per heavy atom. The number of hydrazone groups is 1. The van der Waals surface area contributed by atoms with Gasteiger partial charge in [0.05, 0.1) is 6.21 Å². The number of hydrogen-bond donors (Lipinski definition) is 1. The van der Waals surface area contributed by atoms with Crippen LogP contribution in [0.1, 0.15) is 18.1 Å². The number of aryl methyl sites for hydroxylation is 1. The second kappa shape index (κ2) is 8.54. The number of nitrogens with one attached hydrogen (secondary N) is 1. The van der Waals surface area contributed by atoms with Gasteiger partial charge in [0.25, 0.3) is 5.91 Å². The van der Waals surface area contributed by atoms with Crippen LogP contribution in [0, 0.1) is 6.92 Å². The molecule has 0 saturated carbocycles. The average Bonchev–Trinajstić information content (AvgIpc) is 2.55. The number of carbonyl (C=O) groups is 1. The Balaban J connectivity index is 1.80. The lowest BCUT2D eigenvalue weighted by molar-refractivity contribution is -0.123. The van der Waals surface area contributed by atoms with E-state index < -0.39 is 0 Å². The van der Waals surface area contributed by atoms with Crippen molar-refractivity contribution in [2.24, 2.45) is 5.10 Å². The molecule has 0 aliphatic rings. The Hall–Kier alpha value is -2.88. The average molecular weight is 308 g/mol. The minimum absolute atomic E-state index is 0.0658. The van der Waals surface area contributed by atoms with Crippen LogP contribution in [0.5, 0.6) is 5.75 Å². The van der Waals surface area contributed by atoms with Crippen LogP contribution >= 0.6 is 0 Å². The van der Waals surface area contributed by atoms with E-state index in [9.17, 15) is 4.79 Å². The van der Waals surface area contributed by atoms with Gasteiger partial charge in [-0.05, 0) is 36.6 Å². The van der Waals surface area contributed by atoms with Gasteiger partial charge in [0.1, 0.15) is 5.75 Å². The fourth-order valence-electron chi connectivity index (χ4n) is 1.95. The summed E-state index contributed by atoms with van der Waals surface area (Å²) in [5, 5.41) is 3.93. The maximum Gasteiger partial charge on any atom is 0.277 e.